The van der Waals surface area contributed by atoms with Crippen molar-refractivity contribution in [2.75, 3.05) is 20.1 Å². The number of hydrogen-bond acceptors (Lipinski definition) is 3. The zero-order valence-electron chi connectivity index (χ0n) is 15.7. The molecule has 0 radical (unpaired) electrons. The highest BCUT2D eigenvalue weighted by atomic mass is 127. The third-order valence-electron chi connectivity index (χ3n) is 4.03. The highest BCUT2D eigenvalue weighted by Gasteiger charge is 2.10. The van der Waals surface area contributed by atoms with Gasteiger partial charge in [-0.15, -0.1) is 35.3 Å². The number of guanidine groups is 1. The van der Waals surface area contributed by atoms with Crippen LogP contribution >= 0.6 is 35.3 Å². The second kappa shape index (κ2) is 10.8. The number of hydrogen-bond donors (Lipinski definition) is 2. The molecule has 140 valence electrons. The fourth-order valence-corrected chi connectivity index (χ4v) is 3.42. The van der Waals surface area contributed by atoms with Crippen molar-refractivity contribution in [2.24, 2.45) is 10.9 Å². The average molecular weight is 475 g/mol. The fourth-order valence-electron chi connectivity index (χ4n) is 2.63. The molecule has 0 saturated carbocycles. The van der Waals surface area contributed by atoms with Gasteiger partial charge in [-0.2, -0.15) is 5.10 Å². The standard InChI is InChI=1S/C18H29N5S.HI/c1-13(12-23-16(4)9-15(3)22-23)10-20-18(19-5)21-11-14(2)17-7-6-8-24-17;/h6-9,13-14H,10-12H2,1-5H3,(H2,19,20,21);1H. The monoisotopic (exact) mass is 475 g/mol. The maximum absolute atomic E-state index is 4.53. The lowest BCUT2D eigenvalue weighted by Crippen LogP contribution is -2.41. The fraction of sp³-hybridized carbons (Fsp3) is 0.556. The van der Waals surface area contributed by atoms with Crippen LogP contribution in [0.4, 0.5) is 0 Å². The Balaban J connectivity index is 0.00000312. The highest BCUT2D eigenvalue weighted by molar-refractivity contribution is 14.0. The first-order chi connectivity index (χ1) is 11.5. The van der Waals surface area contributed by atoms with E-state index in [-0.39, 0.29) is 24.0 Å². The van der Waals surface area contributed by atoms with E-state index in [1.807, 2.05) is 14.0 Å². The Hall–Kier alpha value is -1.09. The molecule has 0 aliphatic heterocycles. The largest absolute Gasteiger partial charge is 0.356 e. The predicted molar refractivity (Wildman–Crippen MR) is 118 cm³/mol. The first-order valence-electron chi connectivity index (χ1n) is 8.48. The minimum Gasteiger partial charge on any atom is -0.356 e. The maximum atomic E-state index is 4.53. The Kier molecular flexibility index (Phi) is 9.48. The minimum atomic E-state index is 0. The molecule has 0 aliphatic rings. The molecule has 25 heavy (non-hydrogen) atoms. The Morgan fingerprint density at radius 2 is 2.00 bits per heavy atom. The predicted octanol–water partition coefficient (Wildman–Crippen LogP) is 3.78. The molecule has 2 aromatic rings. The molecule has 0 saturated heterocycles. The zero-order valence-corrected chi connectivity index (χ0v) is 18.9. The van der Waals surface area contributed by atoms with Gasteiger partial charge in [-0.1, -0.05) is 19.9 Å². The lowest BCUT2D eigenvalue weighted by molar-refractivity contribution is 0.435. The van der Waals surface area contributed by atoms with E-state index in [4.69, 9.17) is 0 Å². The van der Waals surface area contributed by atoms with E-state index < -0.39 is 0 Å². The van der Waals surface area contributed by atoms with E-state index in [1.54, 1.807) is 11.3 Å². The molecule has 0 aromatic carbocycles. The van der Waals surface area contributed by atoms with Crippen LogP contribution in [0.1, 0.15) is 36.0 Å². The number of aromatic nitrogens is 2. The summed E-state index contributed by atoms with van der Waals surface area (Å²) in [6, 6.07) is 6.40. The molecular weight excluding hydrogens is 445 g/mol. The van der Waals surface area contributed by atoms with Crippen molar-refractivity contribution >= 4 is 41.3 Å². The van der Waals surface area contributed by atoms with Crippen LogP contribution in [0.25, 0.3) is 0 Å². The minimum absolute atomic E-state index is 0. The zero-order chi connectivity index (χ0) is 17.5. The van der Waals surface area contributed by atoms with Gasteiger partial charge < -0.3 is 10.6 Å². The van der Waals surface area contributed by atoms with Crippen molar-refractivity contribution in [1.82, 2.24) is 20.4 Å². The summed E-state index contributed by atoms with van der Waals surface area (Å²) in [6.45, 7) is 11.3. The van der Waals surface area contributed by atoms with Gasteiger partial charge in [-0.25, -0.2) is 0 Å². The third kappa shape index (κ3) is 6.97. The topological polar surface area (TPSA) is 54.2 Å². The molecule has 0 spiro atoms. The van der Waals surface area contributed by atoms with E-state index >= 15 is 0 Å². The van der Waals surface area contributed by atoms with Gasteiger partial charge in [-0.05, 0) is 37.3 Å². The van der Waals surface area contributed by atoms with Crippen molar-refractivity contribution < 1.29 is 0 Å². The molecule has 0 aliphatic carbocycles. The van der Waals surface area contributed by atoms with E-state index in [2.05, 4.69) is 69.8 Å². The molecular formula is C18H30IN5S. The van der Waals surface area contributed by atoms with Gasteiger partial charge in [0.15, 0.2) is 5.96 Å². The van der Waals surface area contributed by atoms with Gasteiger partial charge in [0.05, 0.1) is 5.69 Å². The van der Waals surface area contributed by atoms with E-state index in [1.165, 1.54) is 10.6 Å². The number of nitrogens with one attached hydrogen (secondary N) is 2. The quantitative estimate of drug-likeness (QED) is 0.364. The lowest BCUT2D eigenvalue weighted by Gasteiger charge is -2.18. The van der Waals surface area contributed by atoms with Crippen LogP contribution in [0.15, 0.2) is 28.6 Å². The molecule has 2 heterocycles. The van der Waals surface area contributed by atoms with Gasteiger partial charge >= 0.3 is 0 Å². The van der Waals surface area contributed by atoms with Crippen molar-refractivity contribution in [1.29, 1.82) is 0 Å². The number of thiophene rings is 1. The van der Waals surface area contributed by atoms with Crippen LogP contribution in [0.5, 0.6) is 0 Å². The number of halogens is 1. The van der Waals surface area contributed by atoms with Gasteiger partial charge in [0, 0.05) is 43.2 Å². The van der Waals surface area contributed by atoms with Crippen LogP contribution in [0.2, 0.25) is 0 Å². The Morgan fingerprint density at radius 3 is 2.56 bits per heavy atom. The summed E-state index contributed by atoms with van der Waals surface area (Å²) in [7, 11) is 1.82. The van der Waals surface area contributed by atoms with Crippen LogP contribution in [0.3, 0.4) is 0 Å². The summed E-state index contributed by atoms with van der Waals surface area (Å²) in [5, 5.41) is 13.5. The Labute approximate surface area is 172 Å². The molecule has 7 heteroatoms. The van der Waals surface area contributed by atoms with Crippen LogP contribution in [-0.2, 0) is 6.54 Å². The van der Waals surface area contributed by atoms with Crippen LogP contribution < -0.4 is 10.6 Å². The van der Waals surface area contributed by atoms with E-state index in [0.29, 0.717) is 11.8 Å². The van der Waals surface area contributed by atoms with Gasteiger partial charge in [0.25, 0.3) is 0 Å². The van der Waals surface area contributed by atoms with Crippen molar-refractivity contribution in [2.45, 2.75) is 40.2 Å². The average Bonchev–Trinajstić information content (AvgIpc) is 3.17. The van der Waals surface area contributed by atoms with Crippen molar-refractivity contribution in [3.63, 3.8) is 0 Å². The molecule has 2 unspecified atom stereocenters. The first kappa shape index (κ1) is 22.0. The van der Waals surface area contributed by atoms with E-state index in [9.17, 15) is 0 Å². The van der Waals surface area contributed by atoms with E-state index in [0.717, 1.165) is 31.3 Å². The Morgan fingerprint density at radius 1 is 1.28 bits per heavy atom. The van der Waals surface area contributed by atoms with Crippen LogP contribution in [0, 0.1) is 19.8 Å². The highest BCUT2D eigenvalue weighted by Crippen LogP contribution is 2.19. The molecule has 5 nitrogen and oxygen atoms in total. The number of rotatable bonds is 7. The number of aliphatic imine (C=N–C) groups is 1. The summed E-state index contributed by atoms with van der Waals surface area (Å²) in [5.41, 5.74) is 2.29. The second-order valence-electron chi connectivity index (χ2n) is 6.46. The smallest absolute Gasteiger partial charge is 0.191 e. The van der Waals surface area contributed by atoms with Gasteiger partial charge in [-0.3, -0.25) is 9.67 Å². The SMILES string of the molecule is CN=C(NCC(C)Cn1nc(C)cc1C)NCC(C)c1cccs1.I. The molecule has 0 fully saturated rings. The molecule has 2 atom stereocenters. The van der Waals surface area contributed by atoms with Crippen molar-refractivity contribution in [3.8, 4) is 0 Å². The summed E-state index contributed by atoms with van der Waals surface area (Å²) >= 11 is 1.80. The Bertz CT molecular complexity index is 650. The summed E-state index contributed by atoms with van der Waals surface area (Å²) in [5.74, 6) is 1.81. The molecule has 2 N–H and O–H groups in total. The molecule has 2 aromatic heterocycles. The number of nitrogens with zero attached hydrogens (tertiary/aromatic N) is 3. The second-order valence-corrected chi connectivity index (χ2v) is 7.44. The summed E-state index contributed by atoms with van der Waals surface area (Å²) in [6.07, 6.45) is 0. The third-order valence-corrected chi connectivity index (χ3v) is 5.14. The summed E-state index contributed by atoms with van der Waals surface area (Å²) in [4.78, 5) is 5.72. The molecule has 0 bridgehead atoms. The van der Waals surface area contributed by atoms with Crippen LogP contribution in [-0.4, -0.2) is 35.9 Å². The van der Waals surface area contributed by atoms with Crippen molar-refractivity contribution in [3.05, 3.63) is 39.8 Å². The summed E-state index contributed by atoms with van der Waals surface area (Å²) < 4.78 is 2.08. The maximum Gasteiger partial charge on any atom is 0.191 e. The molecule has 0 amide bonds. The first-order valence-corrected chi connectivity index (χ1v) is 9.36. The lowest BCUT2D eigenvalue weighted by atomic mass is 10.1. The number of aryl methyl sites for hydroxylation is 2. The normalized spacial score (nSPS) is 13.9. The molecule has 2 rings (SSSR count). The van der Waals surface area contributed by atoms with Gasteiger partial charge in [0.1, 0.15) is 0 Å². The van der Waals surface area contributed by atoms with Gasteiger partial charge in [0.2, 0.25) is 0 Å².